The number of fused-ring (bicyclic) bond motifs is 3. The van der Waals surface area contributed by atoms with E-state index in [1.54, 1.807) is 6.07 Å². The van der Waals surface area contributed by atoms with Crippen molar-refractivity contribution in [2.75, 3.05) is 0 Å². The number of hydrogen-bond acceptors (Lipinski definition) is 3. The molecule has 0 bridgehead atoms. The van der Waals surface area contributed by atoms with Crippen molar-refractivity contribution in [1.82, 2.24) is 0 Å². The molecule has 24 heavy (non-hydrogen) atoms. The summed E-state index contributed by atoms with van der Waals surface area (Å²) in [6, 6.07) is 3.67. The Balaban J connectivity index is 2.03. The van der Waals surface area contributed by atoms with E-state index in [-0.39, 0.29) is 17.3 Å². The quantitative estimate of drug-likeness (QED) is 0.744. The van der Waals surface area contributed by atoms with Gasteiger partial charge in [-0.2, -0.15) is 0 Å². The molecule has 132 valence electrons. The fourth-order valence-corrected chi connectivity index (χ4v) is 4.30. The molecule has 0 saturated heterocycles. The average Bonchev–Trinajstić information content (AvgIpc) is 2.50. The number of aliphatic hydroxyl groups excluding tert-OH is 1. The van der Waals surface area contributed by atoms with Crippen LogP contribution in [0.5, 0.6) is 11.5 Å². The number of rotatable bonds is 4. The van der Waals surface area contributed by atoms with Crippen LogP contribution in [0.3, 0.4) is 0 Å². The van der Waals surface area contributed by atoms with E-state index in [4.69, 9.17) is 4.74 Å². The summed E-state index contributed by atoms with van der Waals surface area (Å²) in [4.78, 5) is 0. The van der Waals surface area contributed by atoms with Crippen LogP contribution in [0.2, 0.25) is 0 Å². The van der Waals surface area contributed by atoms with Crippen molar-refractivity contribution in [2.24, 2.45) is 5.92 Å². The first-order valence-electron chi connectivity index (χ1n) is 9.24. The molecule has 0 radical (unpaired) electrons. The predicted octanol–water partition coefficient (Wildman–Crippen LogP) is 5.23. The largest absolute Gasteiger partial charge is 0.507 e. The minimum absolute atomic E-state index is 0.194. The second kappa shape index (κ2) is 6.44. The van der Waals surface area contributed by atoms with Crippen molar-refractivity contribution in [3.63, 3.8) is 0 Å². The Morgan fingerprint density at radius 1 is 1.33 bits per heavy atom. The summed E-state index contributed by atoms with van der Waals surface area (Å²) in [5.41, 5.74) is 2.76. The zero-order chi connectivity index (χ0) is 17.5. The number of aliphatic hydroxyl groups is 1. The van der Waals surface area contributed by atoms with Crippen LogP contribution in [0.1, 0.15) is 82.9 Å². The molecule has 2 N–H and O–H groups in total. The van der Waals surface area contributed by atoms with E-state index >= 15 is 0 Å². The Morgan fingerprint density at radius 3 is 2.79 bits per heavy atom. The highest BCUT2D eigenvalue weighted by atomic mass is 16.5. The van der Waals surface area contributed by atoms with Gasteiger partial charge in [0.1, 0.15) is 17.1 Å². The van der Waals surface area contributed by atoms with Crippen LogP contribution < -0.4 is 4.74 Å². The molecule has 1 aromatic rings. The molecule has 1 unspecified atom stereocenters. The van der Waals surface area contributed by atoms with Gasteiger partial charge in [-0.15, -0.1) is 0 Å². The first-order chi connectivity index (χ1) is 11.3. The highest BCUT2D eigenvalue weighted by Crippen LogP contribution is 2.53. The number of unbranched alkanes of at least 4 members (excludes halogenated alkanes) is 1. The van der Waals surface area contributed by atoms with Gasteiger partial charge in [-0.1, -0.05) is 31.4 Å². The van der Waals surface area contributed by atoms with Gasteiger partial charge in [0.2, 0.25) is 0 Å². The topological polar surface area (TPSA) is 49.7 Å². The minimum atomic E-state index is -0.547. The lowest BCUT2D eigenvalue weighted by Crippen LogP contribution is -2.45. The number of phenolic OH excluding ortho intramolecular Hbond substituents is 1. The minimum Gasteiger partial charge on any atom is -0.507 e. The van der Waals surface area contributed by atoms with Crippen LogP contribution >= 0.6 is 0 Å². The van der Waals surface area contributed by atoms with Crippen molar-refractivity contribution in [3.8, 4) is 11.5 Å². The van der Waals surface area contributed by atoms with Crippen LogP contribution in [0.4, 0.5) is 0 Å². The smallest absolute Gasteiger partial charge is 0.128 e. The second-order valence-corrected chi connectivity index (χ2v) is 8.00. The van der Waals surface area contributed by atoms with E-state index in [0.717, 1.165) is 42.6 Å². The molecule has 3 heteroatoms. The van der Waals surface area contributed by atoms with Crippen LogP contribution in [0.25, 0.3) is 0 Å². The SMILES string of the molecule is CCCCC(O)c1cc(O)c2c(c1)OC(C)(C)[C@@H]1CCC(C)=C[C@@H]21. The molecule has 2 aliphatic rings. The van der Waals surface area contributed by atoms with E-state index in [0.29, 0.717) is 12.3 Å². The summed E-state index contributed by atoms with van der Waals surface area (Å²) in [6.07, 6.45) is 6.66. The summed E-state index contributed by atoms with van der Waals surface area (Å²) in [5.74, 6) is 1.56. The predicted molar refractivity (Wildman–Crippen MR) is 96.5 cm³/mol. The molecule has 1 aliphatic heterocycles. The van der Waals surface area contributed by atoms with E-state index < -0.39 is 6.10 Å². The lowest BCUT2D eigenvalue weighted by molar-refractivity contribution is 0.0104. The highest BCUT2D eigenvalue weighted by molar-refractivity contribution is 5.54. The van der Waals surface area contributed by atoms with Crippen molar-refractivity contribution in [1.29, 1.82) is 0 Å². The van der Waals surface area contributed by atoms with Crippen molar-refractivity contribution >= 4 is 0 Å². The summed E-state index contributed by atoms with van der Waals surface area (Å²) < 4.78 is 6.30. The molecule has 0 amide bonds. The Kier molecular flexibility index (Phi) is 4.65. The summed E-state index contributed by atoms with van der Waals surface area (Å²) in [6.45, 7) is 8.55. The molecule has 3 atom stereocenters. The molecule has 1 heterocycles. The monoisotopic (exact) mass is 330 g/mol. The van der Waals surface area contributed by atoms with Crippen molar-refractivity contribution in [2.45, 2.75) is 77.4 Å². The maximum Gasteiger partial charge on any atom is 0.128 e. The Labute approximate surface area is 145 Å². The van der Waals surface area contributed by atoms with Crippen molar-refractivity contribution < 1.29 is 14.9 Å². The fourth-order valence-electron chi connectivity index (χ4n) is 4.30. The average molecular weight is 330 g/mol. The molecule has 3 rings (SSSR count). The van der Waals surface area contributed by atoms with Gasteiger partial charge in [0.05, 0.1) is 6.10 Å². The molecule has 0 saturated carbocycles. The molecule has 3 nitrogen and oxygen atoms in total. The van der Waals surface area contributed by atoms with Crippen LogP contribution in [0, 0.1) is 5.92 Å². The molecule has 0 fully saturated rings. The Hall–Kier alpha value is -1.48. The number of phenols is 1. The van der Waals surface area contributed by atoms with E-state index in [1.807, 2.05) is 6.07 Å². The third-order valence-corrected chi connectivity index (χ3v) is 5.70. The molecular formula is C21H30O3. The zero-order valence-corrected chi connectivity index (χ0v) is 15.3. The Morgan fingerprint density at radius 2 is 2.08 bits per heavy atom. The third kappa shape index (κ3) is 3.06. The van der Waals surface area contributed by atoms with E-state index in [2.05, 4.69) is 33.8 Å². The maximum absolute atomic E-state index is 10.7. The molecule has 1 aromatic carbocycles. The van der Waals surface area contributed by atoms with Gasteiger partial charge in [-0.3, -0.25) is 0 Å². The van der Waals surface area contributed by atoms with E-state index in [1.165, 1.54) is 5.57 Å². The van der Waals surface area contributed by atoms with Crippen molar-refractivity contribution in [3.05, 3.63) is 34.9 Å². The molecular weight excluding hydrogens is 300 g/mol. The summed E-state index contributed by atoms with van der Waals surface area (Å²) in [5, 5.41) is 21.1. The van der Waals surface area contributed by atoms with Gasteiger partial charge in [0.25, 0.3) is 0 Å². The fraction of sp³-hybridized carbons (Fsp3) is 0.619. The number of benzene rings is 1. The van der Waals surface area contributed by atoms with Gasteiger partial charge in [0, 0.05) is 17.4 Å². The van der Waals surface area contributed by atoms with Crippen LogP contribution in [0.15, 0.2) is 23.8 Å². The molecule has 0 spiro atoms. The second-order valence-electron chi connectivity index (χ2n) is 8.00. The lowest BCUT2D eigenvalue weighted by Gasteiger charge is -2.46. The zero-order valence-electron chi connectivity index (χ0n) is 15.3. The number of aromatic hydroxyl groups is 1. The highest BCUT2D eigenvalue weighted by Gasteiger charge is 2.45. The van der Waals surface area contributed by atoms with Gasteiger partial charge in [-0.05, 0) is 57.7 Å². The van der Waals surface area contributed by atoms with E-state index in [9.17, 15) is 10.2 Å². The first kappa shape index (κ1) is 17.3. The maximum atomic E-state index is 10.7. The van der Waals surface area contributed by atoms with Gasteiger partial charge >= 0.3 is 0 Å². The molecule has 1 aliphatic carbocycles. The third-order valence-electron chi connectivity index (χ3n) is 5.70. The standard InChI is InChI=1S/C21H30O3/c1-5-6-7-17(22)14-11-18(23)20-15-10-13(2)8-9-16(15)21(3,4)24-19(20)12-14/h10-12,15-17,22-23H,5-9H2,1-4H3/t15-,16-,17?/m1/s1. The number of hydrogen-bond donors (Lipinski definition) is 2. The normalized spacial score (nSPS) is 26.0. The lowest BCUT2D eigenvalue weighted by atomic mass is 9.68. The van der Waals surface area contributed by atoms with Gasteiger partial charge < -0.3 is 14.9 Å². The summed E-state index contributed by atoms with van der Waals surface area (Å²) in [7, 11) is 0. The van der Waals surface area contributed by atoms with Crippen LogP contribution in [-0.4, -0.2) is 15.8 Å². The van der Waals surface area contributed by atoms with Gasteiger partial charge in [-0.25, -0.2) is 0 Å². The number of ether oxygens (including phenoxy) is 1. The molecule has 0 aromatic heterocycles. The van der Waals surface area contributed by atoms with Gasteiger partial charge in [0.15, 0.2) is 0 Å². The van der Waals surface area contributed by atoms with Crippen LogP contribution in [-0.2, 0) is 0 Å². The summed E-state index contributed by atoms with van der Waals surface area (Å²) >= 11 is 0. The Bertz CT molecular complexity index is 645. The number of allylic oxidation sites excluding steroid dienone is 2. The first-order valence-corrected chi connectivity index (χ1v) is 9.24.